The van der Waals surface area contributed by atoms with E-state index in [0.717, 1.165) is 18.4 Å². The molecular formula is C17H23N3O2. The number of hydrazine groups is 1. The van der Waals surface area contributed by atoms with Crippen LogP contribution >= 0.6 is 0 Å². The maximum absolute atomic E-state index is 12.8. The highest BCUT2D eigenvalue weighted by molar-refractivity contribution is 5.85. The molecule has 1 heterocycles. The van der Waals surface area contributed by atoms with Crippen LogP contribution in [0.3, 0.4) is 0 Å². The van der Waals surface area contributed by atoms with Crippen molar-refractivity contribution >= 4 is 11.8 Å². The maximum Gasteiger partial charge on any atom is 0.244 e. The minimum atomic E-state index is -0.449. The predicted octanol–water partition coefficient (Wildman–Crippen LogP) is 1.91. The highest BCUT2D eigenvalue weighted by atomic mass is 16.2. The van der Waals surface area contributed by atoms with Gasteiger partial charge in [-0.25, -0.2) is 5.01 Å². The molecule has 1 atom stereocenters. The minimum Gasteiger partial charge on any atom is -0.352 e. The van der Waals surface area contributed by atoms with E-state index in [0.29, 0.717) is 13.0 Å². The highest BCUT2D eigenvalue weighted by Gasteiger charge is 2.33. The maximum atomic E-state index is 12.8. The molecule has 0 aromatic heterocycles. The average Bonchev–Trinajstić information content (AvgIpc) is 2.95. The molecule has 0 radical (unpaired) electrons. The van der Waals surface area contributed by atoms with Gasteiger partial charge in [0.25, 0.3) is 0 Å². The number of hydrogen-bond donors (Lipinski definition) is 2. The second-order valence-electron chi connectivity index (χ2n) is 6.14. The summed E-state index contributed by atoms with van der Waals surface area (Å²) >= 11 is 0. The van der Waals surface area contributed by atoms with Crippen LogP contribution < -0.4 is 10.7 Å². The lowest BCUT2D eigenvalue weighted by Gasteiger charge is -2.30. The van der Waals surface area contributed by atoms with E-state index < -0.39 is 6.04 Å². The zero-order chi connectivity index (χ0) is 15.4. The van der Waals surface area contributed by atoms with E-state index in [1.54, 1.807) is 5.01 Å². The molecule has 2 fully saturated rings. The molecule has 118 valence electrons. The molecule has 5 nitrogen and oxygen atoms in total. The summed E-state index contributed by atoms with van der Waals surface area (Å²) in [6, 6.07) is 9.48. The smallest absolute Gasteiger partial charge is 0.244 e. The van der Waals surface area contributed by atoms with Gasteiger partial charge in [-0.1, -0.05) is 49.6 Å². The highest BCUT2D eigenvalue weighted by Crippen LogP contribution is 2.24. The summed E-state index contributed by atoms with van der Waals surface area (Å²) in [7, 11) is 0. The first-order valence-electron chi connectivity index (χ1n) is 8.15. The normalized spacial score (nSPS) is 21.4. The van der Waals surface area contributed by atoms with Crippen molar-refractivity contribution in [3.8, 4) is 0 Å². The molecule has 1 aromatic carbocycles. The molecule has 1 saturated carbocycles. The molecule has 22 heavy (non-hydrogen) atoms. The molecule has 1 aromatic rings. The number of benzene rings is 1. The van der Waals surface area contributed by atoms with E-state index >= 15 is 0 Å². The molecule has 2 N–H and O–H groups in total. The van der Waals surface area contributed by atoms with Crippen LogP contribution in [-0.4, -0.2) is 29.4 Å². The van der Waals surface area contributed by atoms with Gasteiger partial charge in [0.15, 0.2) is 0 Å². The fourth-order valence-corrected chi connectivity index (χ4v) is 3.32. The van der Waals surface area contributed by atoms with Gasteiger partial charge >= 0.3 is 0 Å². The van der Waals surface area contributed by atoms with E-state index in [1.807, 2.05) is 30.3 Å². The molecule has 2 aliphatic rings. The van der Waals surface area contributed by atoms with Crippen molar-refractivity contribution in [3.05, 3.63) is 35.9 Å². The minimum absolute atomic E-state index is 0.0136. The molecule has 1 aliphatic heterocycles. The van der Waals surface area contributed by atoms with Crippen LogP contribution in [0.4, 0.5) is 0 Å². The van der Waals surface area contributed by atoms with Crippen molar-refractivity contribution in [2.75, 3.05) is 6.54 Å². The Bertz CT molecular complexity index is 526. The standard InChI is InChI=1S/C17H23N3O2/c21-15-11-12-20(19-15)16(13-7-3-1-4-8-13)17(22)18-14-9-5-2-6-10-14/h1,3-4,7-8,14,16H,2,5-6,9-12H2,(H,18,22)(H,19,21). The van der Waals surface area contributed by atoms with Crippen LogP contribution in [0.15, 0.2) is 30.3 Å². The molecule has 0 bridgehead atoms. The van der Waals surface area contributed by atoms with Gasteiger partial charge in [-0.15, -0.1) is 0 Å². The van der Waals surface area contributed by atoms with E-state index in [9.17, 15) is 9.59 Å². The van der Waals surface area contributed by atoms with E-state index in [4.69, 9.17) is 0 Å². The molecule has 5 heteroatoms. The van der Waals surface area contributed by atoms with Gasteiger partial charge in [-0.05, 0) is 18.4 Å². The molecule has 3 rings (SSSR count). The lowest BCUT2D eigenvalue weighted by molar-refractivity contribution is -0.129. The lowest BCUT2D eigenvalue weighted by atomic mass is 9.95. The summed E-state index contributed by atoms with van der Waals surface area (Å²) in [6.07, 6.45) is 6.18. The van der Waals surface area contributed by atoms with E-state index in [-0.39, 0.29) is 17.9 Å². The van der Waals surface area contributed by atoms with Gasteiger partial charge in [0, 0.05) is 19.0 Å². The summed E-state index contributed by atoms with van der Waals surface area (Å²) in [5.74, 6) is -0.0355. The summed E-state index contributed by atoms with van der Waals surface area (Å²) in [5, 5.41) is 4.94. The van der Waals surface area contributed by atoms with Gasteiger partial charge in [0.05, 0.1) is 0 Å². The number of nitrogens with one attached hydrogen (secondary N) is 2. The molecule has 1 saturated heterocycles. The quantitative estimate of drug-likeness (QED) is 0.893. The fourth-order valence-electron chi connectivity index (χ4n) is 3.32. The SMILES string of the molecule is O=C1CCN(C(C(=O)NC2CCCCC2)c2ccccc2)N1. The number of carbonyl (C=O) groups excluding carboxylic acids is 2. The first kappa shape index (κ1) is 15.0. The Balaban J connectivity index is 1.75. The van der Waals surface area contributed by atoms with Crippen molar-refractivity contribution in [3.63, 3.8) is 0 Å². The molecule has 1 aliphatic carbocycles. The number of amides is 2. The van der Waals surface area contributed by atoms with E-state index in [1.165, 1.54) is 19.3 Å². The third-order valence-corrected chi connectivity index (χ3v) is 4.47. The topological polar surface area (TPSA) is 61.4 Å². The summed E-state index contributed by atoms with van der Waals surface area (Å²) in [5.41, 5.74) is 3.72. The zero-order valence-electron chi connectivity index (χ0n) is 12.8. The van der Waals surface area contributed by atoms with Crippen molar-refractivity contribution < 1.29 is 9.59 Å². The number of rotatable bonds is 4. The second-order valence-corrected chi connectivity index (χ2v) is 6.14. The summed E-state index contributed by atoms with van der Waals surface area (Å²) in [6.45, 7) is 0.566. The Morgan fingerprint density at radius 2 is 1.91 bits per heavy atom. The van der Waals surface area contributed by atoms with Crippen LogP contribution in [0.25, 0.3) is 0 Å². The average molecular weight is 301 g/mol. The molecular weight excluding hydrogens is 278 g/mol. The van der Waals surface area contributed by atoms with Gasteiger partial charge in [0.2, 0.25) is 11.8 Å². The number of nitrogens with zero attached hydrogens (tertiary/aromatic N) is 1. The van der Waals surface area contributed by atoms with Crippen molar-refractivity contribution in [1.82, 2.24) is 15.8 Å². The summed E-state index contributed by atoms with van der Waals surface area (Å²) in [4.78, 5) is 24.3. The largest absolute Gasteiger partial charge is 0.352 e. The first-order chi connectivity index (χ1) is 10.7. The van der Waals surface area contributed by atoms with Crippen LogP contribution in [0.5, 0.6) is 0 Å². The molecule has 0 spiro atoms. The second kappa shape index (κ2) is 6.92. The molecule has 1 unspecified atom stereocenters. The van der Waals surface area contributed by atoms with Gasteiger partial charge in [-0.2, -0.15) is 0 Å². The first-order valence-corrected chi connectivity index (χ1v) is 8.15. The van der Waals surface area contributed by atoms with Crippen molar-refractivity contribution in [2.45, 2.75) is 50.6 Å². The third kappa shape index (κ3) is 3.47. The third-order valence-electron chi connectivity index (χ3n) is 4.47. The lowest BCUT2D eigenvalue weighted by Crippen LogP contribution is -2.47. The molecule has 2 amide bonds. The van der Waals surface area contributed by atoms with Crippen LogP contribution in [-0.2, 0) is 9.59 Å². The number of carbonyl (C=O) groups is 2. The Labute approximate surface area is 131 Å². The Kier molecular flexibility index (Phi) is 4.73. The van der Waals surface area contributed by atoms with Gasteiger partial charge < -0.3 is 5.32 Å². The zero-order valence-corrected chi connectivity index (χ0v) is 12.8. The monoisotopic (exact) mass is 301 g/mol. The Morgan fingerprint density at radius 3 is 2.55 bits per heavy atom. The Hall–Kier alpha value is -1.88. The van der Waals surface area contributed by atoms with E-state index in [2.05, 4.69) is 10.7 Å². The van der Waals surface area contributed by atoms with Gasteiger partial charge in [0.1, 0.15) is 6.04 Å². The number of hydrogen-bond acceptors (Lipinski definition) is 3. The van der Waals surface area contributed by atoms with Crippen LogP contribution in [0.2, 0.25) is 0 Å². The van der Waals surface area contributed by atoms with Crippen molar-refractivity contribution in [2.24, 2.45) is 0 Å². The fraction of sp³-hybridized carbons (Fsp3) is 0.529. The Morgan fingerprint density at radius 1 is 1.18 bits per heavy atom. The summed E-state index contributed by atoms with van der Waals surface area (Å²) < 4.78 is 0. The van der Waals surface area contributed by atoms with Crippen LogP contribution in [0, 0.1) is 0 Å². The van der Waals surface area contributed by atoms with Gasteiger partial charge in [-0.3, -0.25) is 15.0 Å². The predicted molar refractivity (Wildman–Crippen MR) is 83.7 cm³/mol. The van der Waals surface area contributed by atoms with Crippen LogP contribution in [0.1, 0.15) is 50.1 Å². The van der Waals surface area contributed by atoms with Crippen molar-refractivity contribution in [1.29, 1.82) is 0 Å².